The van der Waals surface area contributed by atoms with Crippen molar-refractivity contribution in [1.29, 1.82) is 5.26 Å². The van der Waals surface area contributed by atoms with Gasteiger partial charge < -0.3 is 15.5 Å². The highest BCUT2D eigenvalue weighted by atomic mass is 32.2. The molecule has 0 bridgehead atoms. The number of nitriles is 1. The molecule has 21 heavy (non-hydrogen) atoms. The van der Waals surface area contributed by atoms with Crippen molar-refractivity contribution in [3.8, 4) is 6.07 Å². The molecule has 1 heterocycles. The third kappa shape index (κ3) is 4.14. The van der Waals surface area contributed by atoms with E-state index in [0.29, 0.717) is 11.3 Å². The zero-order valence-electron chi connectivity index (χ0n) is 11.4. The van der Waals surface area contributed by atoms with Crippen LogP contribution >= 0.6 is 23.5 Å². The molecule has 2 rings (SSSR count). The molecular weight excluding hydrogens is 308 g/mol. The fraction of sp³-hybridized carbons (Fsp3) is 0.429. The molecule has 1 aliphatic rings. The number of aliphatic hydroxyl groups is 2. The predicted molar refractivity (Wildman–Crippen MR) is 82.9 cm³/mol. The summed E-state index contributed by atoms with van der Waals surface area (Å²) in [4.78, 5) is 12.1. The van der Waals surface area contributed by atoms with Crippen molar-refractivity contribution in [1.82, 2.24) is 5.32 Å². The number of rotatable bonds is 3. The van der Waals surface area contributed by atoms with Crippen LogP contribution in [-0.2, 0) is 4.79 Å². The molecule has 0 unspecified atom stereocenters. The highest BCUT2D eigenvalue weighted by Crippen LogP contribution is 2.38. The van der Waals surface area contributed by atoms with Crippen molar-refractivity contribution in [2.75, 3.05) is 5.75 Å². The lowest BCUT2D eigenvalue weighted by atomic mass is 10.1. The molecule has 0 aromatic heterocycles. The number of benzene rings is 1. The van der Waals surface area contributed by atoms with Crippen molar-refractivity contribution in [2.24, 2.45) is 0 Å². The Labute approximate surface area is 131 Å². The molecular formula is C14H16N2O3S2. The molecule has 5 nitrogen and oxygen atoms in total. The maximum atomic E-state index is 11.2. The Kier molecular flexibility index (Phi) is 5.53. The summed E-state index contributed by atoms with van der Waals surface area (Å²) >= 11 is 2.93. The number of carbonyl (C=O) groups excluding carboxylic acids is 1. The number of hydrogen-bond acceptors (Lipinski definition) is 6. The van der Waals surface area contributed by atoms with E-state index in [1.54, 1.807) is 12.1 Å². The summed E-state index contributed by atoms with van der Waals surface area (Å²) in [6.45, 7) is 1.37. The molecule has 0 saturated carbocycles. The summed E-state index contributed by atoms with van der Waals surface area (Å²) in [6, 6.07) is 8.51. The molecule has 0 aliphatic carbocycles. The molecule has 1 aromatic rings. The Bertz CT molecular complexity index is 544. The lowest BCUT2D eigenvalue weighted by molar-refractivity contribution is -0.121. The van der Waals surface area contributed by atoms with Crippen molar-refractivity contribution in [2.45, 2.75) is 34.7 Å². The molecule has 1 fully saturated rings. The summed E-state index contributed by atoms with van der Waals surface area (Å²) < 4.78 is -0.182. The van der Waals surface area contributed by atoms with Crippen molar-refractivity contribution >= 4 is 29.4 Å². The van der Waals surface area contributed by atoms with Gasteiger partial charge >= 0.3 is 0 Å². The third-order valence-corrected chi connectivity index (χ3v) is 5.99. The smallest absolute Gasteiger partial charge is 0.217 e. The second kappa shape index (κ2) is 7.18. The average Bonchev–Trinajstić information content (AvgIpc) is 2.47. The van der Waals surface area contributed by atoms with Gasteiger partial charge in [0.05, 0.1) is 34.5 Å². The van der Waals surface area contributed by atoms with Crippen LogP contribution in [0.1, 0.15) is 12.5 Å². The van der Waals surface area contributed by atoms with E-state index in [1.807, 2.05) is 12.1 Å². The van der Waals surface area contributed by atoms with E-state index in [2.05, 4.69) is 11.4 Å². The normalized spacial score (nSPS) is 28.7. The van der Waals surface area contributed by atoms with Gasteiger partial charge in [-0.2, -0.15) is 5.26 Å². The maximum Gasteiger partial charge on any atom is 0.217 e. The van der Waals surface area contributed by atoms with E-state index >= 15 is 0 Å². The van der Waals surface area contributed by atoms with Crippen LogP contribution in [0.2, 0.25) is 0 Å². The monoisotopic (exact) mass is 324 g/mol. The minimum Gasteiger partial charge on any atom is -0.390 e. The Morgan fingerprint density at radius 3 is 2.67 bits per heavy atom. The first-order valence-electron chi connectivity index (χ1n) is 6.43. The average molecular weight is 324 g/mol. The summed E-state index contributed by atoms with van der Waals surface area (Å²) in [5.74, 6) is 0.183. The molecule has 0 spiro atoms. The second-order valence-corrected chi connectivity index (χ2v) is 7.43. The number of hydrogen-bond donors (Lipinski definition) is 3. The highest BCUT2D eigenvalue weighted by molar-refractivity contribution is 8.17. The minimum atomic E-state index is -0.844. The highest BCUT2D eigenvalue weighted by Gasteiger charge is 2.39. The van der Waals surface area contributed by atoms with Gasteiger partial charge in [-0.15, -0.1) is 23.5 Å². The molecule has 3 N–H and O–H groups in total. The number of thioether (sulfide) groups is 2. The fourth-order valence-electron chi connectivity index (χ4n) is 2.05. The standard InChI is InChI=1S/C14H16N2O3S2/c1-8(17)16-12-11(18)7-20-14(13(12)19)21-10-4-2-9(6-15)3-5-10/h2-5,11-14,18-19H,7H2,1H3,(H,16,17)/t11-,12+,13-,14+/m1/s1. The lowest BCUT2D eigenvalue weighted by Crippen LogP contribution is -2.56. The molecule has 7 heteroatoms. The van der Waals surface area contributed by atoms with Gasteiger partial charge in [-0.05, 0) is 24.3 Å². The zero-order chi connectivity index (χ0) is 15.4. The molecule has 112 valence electrons. The SMILES string of the molecule is CC(=O)N[C@@H]1[C@@H](O)[C@H](Sc2ccc(C#N)cc2)SC[C@H]1O. The summed E-state index contributed by atoms with van der Waals surface area (Å²) in [5, 5.41) is 31.6. The Morgan fingerprint density at radius 1 is 1.43 bits per heavy atom. The number of aliphatic hydroxyl groups excluding tert-OH is 2. The van der Waals surface area contributed by atoms with Crippen LogP contribution in [0, 0.1) is 11.3 Å². The van der Waals surface area contributed by atoms with Gasteiger partial charge in [0.15, 0.2) is 0 Å². The summed E-state index contributed by atoms with van der Waals surface area (Å²) in [7, 11) is 0. The summed E-state index contributed by atoms with van der Waals surface area (Å²) in [5.41, 5.74) is 0.586. The van der Waals surface area contributed by atoms with E-state index in [9.17, 15) is 15.0 Å². The Balaban J connectivity index is 2.05. The largest absolute Gasteiger partial charge is 0.390 e. The zero-order valence-corrected chi connectivity index (χ0v) is 13.0. The van der Waals surface area contributed by atoms with Gasteiger partial charge in [0.1, 0.15) is 0 Å². The van der Waals surface area contributed by atoms with Crippen LogP contribution in [0.4, 0.5) is 0 Å². The van der Waals surface area contributed by atoms with E-state index in [-0.39, 0.29) is 10.5 Å². The molecule has 4 atom stereocenters. The molecule has 0 radical (unpaired) electrons. The first kappa shape index (κ1) is 16.2. The van der Waals surface area contributed by atoms with Gasteiger partial charge in [0.25, 0.3) is 0 Å². The van der Waals surface area contributed by atoms with Gasteiger partial charge in [-0.3, -0.25) is 4.79 Å². The quantitative estimate of drug-likeness (QED) is 0.766. The molecule has 1 saturated heterocycles. The predicted octanol–water partition coefficient (Wildman–Crippen LogP) is 0.950. The van der Waals surface area contributed by atoms with Crippen molar-refractivity contribution in [3.05, 3.63) is 29.8 Å². The van der Waals surface area contributed by atoms with Crippen LogP contribution in [-0.4, -0.2) is 44.7 Å². The number of nitrogens with zero attached hydrogens (tertiary/aromatic N) is 1. The summed E-state index contributed by atoms with van der Waals surface area (Å²) in [6.07, 6.45) is -1.60. The van der Waals surface area contributed by atoms with Crippen LogP contribution in [0.25, 0.3) is 0 Å². The molecule has 1 aromatic carbocycles. The number of nitrogens with one attached hydrogen (secondary N) is 1. The topological polar surface area (TPSA) is 93.4 Å². The number of carbonyl (C=O) groups is 1. The first-order chi connectivity index (χ1) is 10.0. The van der Waals surface area contributed by atoms with Gasteiger partial charge in [0.2, 0.25) is 5.91 Å². The van der Waals surface area contributed by atoms with Gasteiger partial charge in [-0.1, -0.05) is 0 Å². The van der Waals surface area contributed by atoms with Crippen LogP contribution in [0.3, 0.4) is 0 Å². The molecule has 1 amide bonds. The van der Waals surface area contributed by atoms with E-state index in [1.165, 1.54) is 30.4 Å². The van der Waals surface area contributed by atoms with Gasteiger partial charge in [-0.25, -0.2) is 0 Å². The number of amides is 1. The van der Waals surface area contributed by atoms with Crippen molar-refractivity contribution < 1.29 is 15.0 Å². The lowest BCUT2D eigenvalue weighted by Gasteiger charge is -2.37. The Morgan fingerprint density at radius 2 is 2.10 bits per heavy atom. The fourth-order valence-corrected chi connectivity index (χ4v) is 4.73. The first-order valence-corrected chi connectivity index (χ1v) is 8.36. The van der Waals surface area contributed by atoms with Crippen LogP contribution in [0.5, 0.6) is 0 Å². The van der Waals surface area contributed by atoms with Crippen molar-refractivity contribution in [3.63, 3.8) is 0 Å². The molecule has 1 aliphatic heterocycles. The Hall–Kier alpha value is -1.20. The van der Waals surface area contributed by atoms with Crippen LogP contribution in [0.15, 0.2) is 29.2 Å². The van der Waals surface area contributed by atoms with E-state index in [4.69, 9.17) is 5.26 Å². The third-order valence-electron chi connectivity index (χ3n) is 3.10. The van der Waals surface area contributed by atoms with Crippen LogP contribution < -0.4 is 5.32 Å². The maximum absolute atomic E-state index is 11.2. The van der Waals surface area contributed by atoms with E-state index in [0.717, 1.165) is 4.90 Å². The minimum absolute atomic E-state index is 0.182. The second-order valence-electron chi connectivity index (χ2n) is 4.74. The van der Waals surface area contributed by atoms with E-state index < -0.39 is 18.2 Å². The van der Waals surface area contributed by atoms with Gasteiger partial charge in [0, 0.05) is 17.6 Å².